The molecule has 2 aliphatic carbocycles. The Balaban J connectivity index is 1.26. The number of rotatable bonds is 3. The van der Waals surface area contributed by atoms with Crippen LogP contribution in [0.4, 0.5) is 0 Å². The van der Waals surface area contributed by atoms with Crippen molar-refractivity contribution in [3.8, 4) is 11.3 Å². The minimum atomic E-state index is -0.174. The van der Waals surface area contributed by atoms with Crippen LogP contribution in [-0.4, -0.2) is 37.6 Å². The van der Waals surface area contributed by atoms with Gasteiger partial charge in [-0.15, -0.1) is 0 Å². The van der Waals surface area contributed by atoms with E-state index in [-0.39, 0.29) is 17.2 Å². The lowest BCUT2D eigenvalue weighted by molar-refractivity contribution is -0.0485. The third-order valence-corrected chi connectivity index (χ3v) is 9.75. The summed E-state index contributed by atoms with van der Waals surface area (Å²) in [7, 11) is 0. The largest absolute Gasteiger partial charge is 0.328 e. The molecule has 1 N–H and O–H groups in total. The summed E-state index contributed by atoms with van der Waals surface area (Å²) >= 11 is 0. The maximum absolute atomic E-state index is 14.0. The Morgan fingerprint density at radius 1 is 0.750 bits per heavy atom. The van der Waals surface area contributed by atoms with Crippen molar-refractivity contribution >= 4 is 11.0 Å². The van der Waals surface area contributed by atoms with Gasteiger partial charge in [0.25, 0.3) is 5.56 Å². The standard InChI is InChI=1S/C30H36N4O2/c35-28-12-11-21(18-31-28)29-30(36)34(27-10-2-1-9-26(27)32-29)25-16-22-7-4-8-23(17-25)33(22)24-14-19-5-3-6-20(13-19)15-24/h1-2,9-12,18-20,22-25H,3-8,13-17H2,(H,31,35)/t19-,20+,22-,23+,24?,25?. The van der Waals surface area contributed by atoms with E-state index in [2.05, 4.69) is 14.5 Å². The summed E-state index contributed by atoms with van der Waals surface area (Å²) in [4.78, 5) is 36.1. The predicted octanol–water partition coefficient (Wildman–Crippen LogP) is 5.28. The molecule has 1 aromatic carbocycles. The van der Waals surface area contributed by atoms with E-state index in [1.807, 2.05) is 24.3 Å². The summed E-state index contributed by atoms with van der Waals surface area (Å²) in [5.41, 5.74) is 2.66. The Kier molecular flexibility index (Phi) is 5.61. The first-order valence-corrected chi connectivity index (χ1v) is 14.1. The molecule has 4 fully saturated rings. The first-order chi connectivity index (χ1) is 17.6. The average Bonchev–Trinajstić information content (AvgIpc) is 2.88. The van der Waals surface area contributed by atoms with E-state index in [1.54, 1.807) is 12.3 Å². The van der Waals surface area contributed by atoms with Gasteiger partial charge in [-0.25, -0.2) is 4.98 Å². The fourth-order valence-corrected chi connectivity index (χ4v) is 8.40. The zero-order valence-corrected chi connectivity index (χ0v) is 20.9. The topological polar surface area (TPSA) is 71.0 Å². The summed E-state index contributed by atoms with van der Waals surface area (Å²) in [5.74, 6) is 1.88. The zero-order chi connectivity index (χ0) is 24.2. The molecule has 0 spiro atoms. The van der Waals surface area contributed by atoms with Crippen LogP contribution in [0.3, 0.4) is 0 Å². The smallest absolute Gasteiger partial charge is 0.277 e. The van der Waals surface area contributed by atoms with Crippen molar-refractivity contribution in [3.63, 3.8) is 0 Å². The maximum atomic E-state index is 14.0. The van der Waals surface area contributed by atoms with E-state index >= 15 is 0 Å². The van der Waals surface area contributed by atoms with Crippen molar-refractivity contribution in [3.05, 3.63) is 63.3 Å². The van der Waals surface area contributed by atoms with Crippen LogP contribution in [-0.2, 0) is 0 Å². The third kappa shape index (κ3) is 3.85. The van der Waals surface area contributed by atoms with Gasteiger partial charge in [-0.3, -0.25) is 14.5 Å². The number of aromatic nitrogens is 3. The Morgan fingerprint density at radius 3 is 2.19 bits per heavy atom. The lowest BCUT2D eigenvalue weighted by Crippen LogP contribution is -2.58. The number of nitrogens with one attached hydrogen (secondary N) is 1. The number of fused-ring (bicyclic) bond motifs is 5. The lowest BCUT2D eigenvalue weighted by atomic mass is 9.68. The molecule has 2 aliphatic heterocycles. The van der Waals surface area contributed by atoms with Crippen LogP contribution in [0.2, 0.25) is 0 Å². The highest BCUT2D eigenvalue weighted by Crippen LogP contribution is 2.47. The second-order valence-electron chi connectivity index (χ2n) is 11.9. The Hall–Kier alpha value is -2.73. The van der Waals surface area contributed by atoms with Crippen molar-refractivity contribution in [1.29, 1.82) is 0 Å². The lowest BCUT2D eigenvalue weighted by Gasteiger charge is -2.55. The van der Waals surface area contributed by atoms with E-state index in [4.69, 9.17) is 4.98 Å². The molecule has 2 unspecified atom stereocenters. The second-order valence-corrected chi connectivity index (χ2v) is 11.9. The first-order valence-electron chi connectivity index (χ1n) is 14.1. The molecule has 6 nitrogen and oxygen atoms in total. The third-order valence-electron chi connectivity index (χ3n) is 9.75. The highest BCUT2D eigenvalue weighted by molar-refractivity contribution is 5.77. The number of hydrogen-bond donors (Lipinski definition) is 1. The molecular weight excluding hydrogens is 448 g/mol. The predicted molar refractivity (Wildman–Crippen MR) is 142 cm³/mol. The van der Waals surface area contributed by atoms with Crippen LogP contribution in [0.5, 0.6) is 0 Å². The Labute approximate surface area is 211 Å². The molecule has 4 bridgehead atoms. The van der Waals surface area contributed by atoms with Gasteiger partial charge in [0.1, 0.15) is 5.69 Å². The molecule has 4 heterocycles. The molecule has 2 aromatic heterocycles. The highest BCUT2D eigenvalue weighted by atomic mass is 16.1. The number of para-hydroxylation sites is 2. The van der Waals surface area contributed by atoms with Crippen molar-refractivity contribution in [2.45, 2.75) is 94.8 Å². The van der Waals surface area contributed by atoms with Gasteiger partial charge in [0.2, 0.25) is 5.56 Å². The van der Waals surface area contributed by atoms with Gasteiger partial charge in [0, 0.05) is 42.0 Å². The van der Waals surface area contributed by atoms with E-state index < -0.39 is 0 Å². The van der Waals surface area contributed by atoms with Gasteiger partial charge in [-0.1, -0.05) is 37.8 Å². The number of benzene rings is 1. The first kappa shape index (κ1) is 22.5. The zero-order valence-electron chi connectivity index (χ0n) is 20.9. The van der Waals surface area contributed by atoms with Crippen LogP contribution in [0.1, 0.15) is 76.7 Å². The number of H-pyrrole nitrogens is 1. The van der Waals surface area contributed by atoms with Gasteiger partial charge in [0.05, 0.1) is 11.0 Å². The maximum Gasteiger partial charge on any atom is 0.277 e. The number of aromatic amines is 1. The number of nitrogens with zero attached hydrogens (tertiary/aromatic N) is 3. The van der Waals surface area contributed by atoms with E-state index in [0.29, 0.717) is 23.3 Å². The minimum Gasteiger partial charge on any atom is -0.328 e. The number of pyridine rings is 1. The van der Waals surface area contributed by atoms with Crippen molar-refractivity contribution < 1.29 is 0 Å². The molecule has 6 atom stereocenters. The normalized spacial score (nSPS) is 32.4. The van der Waals surface area contributed by atoms with Gasteiger partial charge >= 0.3 is 0 Å². The van der Waals surface area contributed by atoms with Gasteiger partial charge < -0.3 is 9.55 Å². The van der Waals surface area contributed by atoms with Crippen LogP contribution in [0.25, 0.3) is 22.3 Å². The molecule has 4 aliphatic rings. The summed E-state index contributed by atoms with van der Waals surface area (Å²) in [6.45, 7) is 0. The Bertz CT molecular complexity index is 1350. The average molecular weight is 485 g/mol. The highest BCUT2D eigenvalue weighted by Gasteiger charge is 2.45. The van der Waals surface area contributed by atoms with Crippen LogP contribution < -0.4 is 11.1 Å². The fourth-order valence-electron chi connectivity index (χ4n) is 8.40. The summed E-state index contributed by atoms with van der Waals surface area (Å²) in [5, 5.41) is 0. The van der Waals surface area contributed by atoms with Crippen molar-refractivity contribution in [2.75, 3.05) is 0 Å². The molecule has 3 aromatic rings. The molecule has 0 amide bonds. The molecule has 36 heavy (non-hydrogen) atoms. The molecule has 2 saturated carbocycles. The number of piperidine rings is 2. The summed E-state index contributed by atoms with van der Waals surface area (Å²) in [6.07, 6.45) is 16.1. The van der Waals surface area contributed by atoms with Gasteiger partial charge in [-0.2, -0.15) is 0 Å². The van der Waals surface area contributed by atoms with Crippen LogP contribution in [0.15, 0.2) is 52.2 Å². The fraction of sp³-hybridized carbons (Fsp3) is 0.567. The molecule has 7 rings (SSSR count). The van der Waals surface area contributed by atoms with E-state index in [9.17, 15) is 9.59 Å². The Morgan fingerprint density at radius 2 is 1.47 bits per heavy atom. The van der Waals surface area contributed by atoms with Crippen LogP contribution in [0, 0.1) is 11.8 Å². The molecule has 2 saturated heterocycles. The SMILES string of the molecule is O=c1ccc(-c2nc3ccccc3n(C3C[C@H]4CCC[C@@H](C3)N4C3C[C@H]4CCC[C@@H](C3)C4)c2=O)c[nH]1. The van der Waals surface area contributed by atoms with Gasteiger partial charge in [0.15, 0.2) is 0 Å². The molecule has 188 valence electrons. The molecular formula is C30H36N4O2. The number of hydrogen-bond acceptors (Lipinski definition) is 4. The van der Waals surface area contributed by atoms with E-state index in [0.717, 1.165) is 41.8 Å². The summed E-state index contributed by atoms with van der Waals surface area (Å²) in [6, 6.07) is 13.3. The quantitative estimate of drug-likeness (QED) is 0.549. The monoisotopic (exact) mass is 484 g/mol. The summed E-state index contributed by atoms with van der Waals surface area (Å²) < 4.78 is 2.06. The molecule has 0 radical (unpaired) electrons. The minimum absolute atomic E-state index is 0.0375. The van der Waals surface area contributed by atoms with Crippen molar-refractivity contribution in [1.82, 2.24) is 19.4 Å². The van der Waals surface area contributed by atoms with Crippen molar-refractivity contribution in [2.24, 2.45) is 11.8 Å². The van der Waals surface area contributed by atoms with Crippen LogP contribution >= 0.6 is 0 Å². The molecule has 6 heteroatoms. The second kappa shape index (κ2) is 8.98. The van der Waals surface area contributed by atoms with E-state index in [1.165, 1.54) is 63.9 Å². The van der Waals surface area contributed by atoms with Gasteiger partial charge in [-0.05, 0) is 75.0 Å².